The number of nitrogens with zero attached hydrogens (tertiary/aromatic N) is 2. The standard InChI is InChI=1S/C13H17N3O/c1-4-13(15-9-14)16-10(2)11-7-5-6-8-12(11)17-3/h5-8,10H,4H2,1-3H3,(H,15,16)/t10-/m1/s1. The van der Waals surface area contributed by atoms with Crippen molar-refractivity contribution in [1.29, 1.82) is 5.26 Å². The molecule has 1 aromatic carbocycles. The van der Waals surface area contributed by atoms with Crippen LogP contribution in [-0.4, -0.2) is 12.9 Å². The van der Waals surface area contributed by atoms with Gasteiger partial charge in [0.2, 0.25) is 0 Å². The number of nitriles is 1. The van der Waals surface area contributed by atoms with Crippen molar-refractivity contribution < 1.29 is 4.74 Å². The van der Waals surface area contributed by atoms with Gasteiger partial charge in [-0.25, -0.2) is 0 Å². The summed E-state index contributed by atoms with van der Waals surface area (Å²) in [5, 5.41) is 11.2. The molecule has 1 N–H and O–H groups in total. The maximum Gasteiger partial charge on any atom is 0.182 e. The molecule has 90 valence electrons. The van der Waals surface area contributed by atoms with Gasteiger partial charge in [-0.3, -0.25) is 10.3 Å². The first-order valence-corrected chi connectivity index (χ1v) is 5.57. The third-order valence-corrected chi connectivity index (χ3v) is 2.47. The Morgan fingerprint density at radius 1 is 1.53 bits per heavy atom. The van der Waals surface area contributed by atoms with Crippen molar-refractivity contribution in [2.24, 2.45) is 4.99 Å². The molecule has 4 nitrogen and oxygen atoms in total. The fraction of sp³-hybridized carbons (Fsp3) is 0.385. The minimum atomic E-state index is -0.0399. The van der Waals surface area contributed by atoms with Gasteiger partial charge in [-0.1, -0.05) is 25.1 Å². The predicted molar refractivity (Wildman–Crippen MR) is 67.9 cm³/mol. The molecule has 0 saturated heterocycles. The molecule has 0 aliphatic carbocycles. The van der Waals surface area contributed by atoms with Crippen molar-refractivity contribution in [1.82, 2.24) is 5.32 Å². The second kappa shape index (κ2) is 6.54. The molecule has 0 unspecified atom stereocenters. The molecule has 0 saturated carbocycles. The lowest BCUT2D eigenvalue weighted by molar-refractivity contribution is 0.407. The molecule has 0 heterocycles. The minimum Gasteiger partial charge on any atom is -0.496 e. The van der Waals surface area contributed by atoms with Crippen LogP contribution in [0.4, 0.5) is 0 Å². The number of amidine groups is 1. The number of hydrogen-bond donors (Lipinski definition) is 1. The SMILES string of the molecule is CCC(=N[C@H](C)c1ccccc1OC)NC#N. The molecule has 0 aromatic heterocycles. The molecule has 0 amide bonds. The van der Waals surface area contributed by atoms with Gasteiger partial charge in [0.15, 0.2) is 6.19 Å². The largest absolute Gasteiger partial charge is 0.496 e. The summed E-state index contributed by atoms with van der Waals surface area (Å²) in [6.07, 6.45) is 2.59. The van der Waals surface area contributed by atoms with E-state index in [1.165, 1.54) is 0 Å². The number of benzene rings is 1. The van der Waals surface area contributed by atoms with Crippen molar-refractivity contribution in [3.63, 3.8) is 0 Å². The fourth-order valence-corrected chi connectivity index (χ4v) is 1.59. The molecule has 0 radical (unpaired) electrons. The number of methoxy groups -OCH3 is 1. The van der Waals surface area contributed by atoms with Gasteiger partial charge in [0.25, 0.3) is 0 Å². The van der Waals surface area contributed by atoms with Gasteiger partial charge in [0.05, 0.1) is 13.2 Å². The highest BCUT2D eigenvalue weighted by molar-refractivity contribution is 5.83. The summed E-state index contributed by atoms with van der Waals surface area (Å²) in [5.41, 5.74) is 1.01. The zero-order valence-electron chi connectivity index (χ0n) is 10.4. The Hall–Kier alpha value is -2.02. The molecular weight excluding hydrogens is 214 g/mol. The average Bonchev–Trinajstić information content (AvgIpc) is 2.38. The van der Waals surface area contributed by atoms with E-state index in [1.54, 1.807) is 7.11 Å². The highest BCUT2D eigenvalue weighted by Crippen LogP contribution is 2.26. The predicted octanol–water partition coefficient (Wildman–Crippen LogP) is 2.64. The lowest BCUT2D eigenvalue weighted by Gasteiger charge is -2.13. The molecule has 0 aliphatic heterocycles. The summed E-state index contributed by atoms with van der Waals surface area (Å²) >= 11 is 0. The van der Waals surface area contributed by atoms with E-state index >= 15 is 0 Å². The monoisotopic (exact) mass is 231 g/mol. The minimum absolute atomic E-state index is 0.0399. The number of aliphatic imine (C=N–C) groups is 1. The van der Waals surface area contributed by atoms with Crippen LogP contribution in [0, 0.1) is 11.5 Å². The molecule has 0 bridgehead atoms. The third kappa shape index (κ3) is 3.49. The van der Waals surface area contributed by atoms with E-state index in [0.29, 0.717) is 12.3 Å². The topological polar surface area (TPSA) is 57.4 Å². The summed E-state index contributed by atoms with van der Waals surface area (Å²) in [7, 11) is 1.64. The van der Waals surface area contributed by atoms with Crippen LogP contribution >= 0.6 is 0 Å². The Morgan fingerprint density at radius 3 is 2.82 bits per heavy atom. The van der Waals surface area contributed by atoms with E-state index in [2.05, 4.69) is 10.3 Å². The number of nitrogens with one attached hydrogen (secondary N) is 1. The van der Waals surface area contributed by atoms with Crippen molar-refractivity contribution in [2.45, 2.75) is 26.3 Å². The second-order valence-electron chi connectivity index (χ2n) is 3.58. The van der Waals surface area contributed by atoms with Crippen LogP contribution in [0.15, 0.2) is 29.3 Å². The Bertz CT molecular complexity index is 435. The molecular formula is C13H17N3O. The van der Waals surface area contributed by atoms with Crippen molar-refractivity contribution in [3.8, 4) is 11.9 Å². The number of ether oxygens (including phenoxy) is 1. The molecule has 4 heteroatoms. The van der Waals surface area contributed by atoms with Gasteiger partial charge in [0, 0.05) is 12.0 Å². The zero-order valence-corrected chi connectivity index (χ0v) is 10.4. The van der Waals surface area contributed by atoms with E-state index in [9.17, 15) is 0 Å². The third-order valence-electron chi connectivity index (χ3n) is 2.47. The summed E-state index contributed by atoms with van der Waals surface area (Å²) in [4.78, 5) is 4.47. The lowest BCUT2D eigenvalue weighted by Crippen LogP contribution is -2.17. The van der Waals surface area contributed by atoms with E-state index < -0.39 is 0 Å². The van der Waals surface area contributed by atoms with Crippen LogP contribution in [0.25, 0.3) is 0 Å². The maximum absolute atomic E-state index is 8.59. The number of para-hydroxylation sites is 1. The smallest absolute Gasteiger partial charge is 0.182 e. The quantitative estimate of drug-likeness (QED) is 0.375. The summed E-state index contributed by atoms with van der Waals surface area (Å²) < 4.78 is 5.29. The van der Waals surface area contributed by atoms with Gasteiger partial charge >= 0.3 is 0 Å². The van der Waals surface area contributed by atoms with Gasteiger partial charge in [0.1, 0.15) is 11.6 Å². The summed E-state index contributed by atoms with van der Waals surface area (Å²) in [5.74, 6) is 1.50. The summed E-state index contributed by atoms with van der Waals surface area (Å²) in [6, 6.07) is 7.72. The van der Waals surface area contributed by atoms with Crippen LogP contribution in [0.5, 0.6) is 5.75 Å². The molecule has 1 aromatic rings. The highest BCUT2D eigenvalue weighted by atomic mass is 16.5. The molecule has 0 fully saturated rings. The van der Waals surface area contributed by atoms with E-state index in [1.807, 2.05) is 44.3 Å². The Morgan fingerprint density at radius 2 is 2.24 bits per heavy atom. The first-order valence-electron chi connectivity index (χ1n) is 5.57. The van der Waals surface area contributed by atoms with Crippen LogP contribution in [0.1, 0.15) is 31.9 Å². The van der Waals surface area contributed by atoms with Crippen LogP contribution in [-0.2, 0) is 0 Å². The normalized spacial score (nSPS) is 12.7. The van der Waals surface area contributed by atoms with E-state index in [-0.39, 0.29) is 6.04 Å². The van der Waals surface area contributed by atoms with E-state index in [4.69, 9.17) is 10.00 Å². The molecule has 1 atom stereocenters. The Labute approximate surface area is 102 Å². The Kier molecular flexibility index (Phi) is 5.02. The van der Waals surface area contributed by atoms with Gasteiger partial charge in [-0.15, -0.1) is 0 Å². The number of rotatable bonds is 4. The van der Waals surface area contributed by atoms with Gasteiger partial charge in [-0.2, -0.15) is 5.26 Å². The maximum atomic E-state index is 8.59. The number of hydrogen-bond acceptors (Lipinski definition) is 3. The zero-order chi connectivity index (χ0) is 12.7. The first-order chi connectivity index (χ1) is 8.22. The average molecular weight is 231 g/mol. The molecule has 0 spiro atoms. The Balaban J connectivity index is 2.96. The molecule has 1 rings (SSSR count). The van der Waals surface area contributed by atoms with Crippen LogP contribution < -0.4 is 10.1 Å². The molecule has 0 aliphatic rings. The molecule has 17 heavy (non-hydrogen) atoms. The van der Waals surface area contributed by atoms with Gasteiger partial charge < -0.3 is 4.74 Å². The van der Waals surface area contributed by atoms with Crippen molar-refractivity contribution in [3.05, 3.63) is 29.8 Å². The van der Waals surface area contributed by atoms with E-state index in [0.717, 1.165) is 11.3 Å². The van der Waals surface area contributed by atoms with Crippen molar-refractivity contribution >= 4 is 5.84 Å². The van der Waals surface area contributed by atoms with Crippen LogP contribution in [0.2, 0.25) is 0 Å². The lowest BCUT2D eigenvalue weighted by atomic mass is 10.1. The fourth-order valence-electron chi connectivity index (χ4n) is 1.59. The van der Waals surface area contributed by atoms with Crippen molar-refractivity contribution in [2.75, 3.05) is 7.11 Å². The first kappa shape index (κ1) is 13.0. The van der Waals surface area contributed by atoms with Gasteiger partial charge in [-0.05, 0) is 13.0 Å². The summed E-state index contributed by atoms with van der Waals surface area (Å²) in [6.45, 7) is 3.94. The van der Waals surface area contributed by atoms with Crippen LogP contribution in [0.3, 0.4) is 0 Å². The second-order valence-corrected chi connectivity index (χ2v) is 3.58. The highest BCUT2D eigenvalue weighted by Gasteiger charge is 2.10.